The molecule has 0 unspecified atom stereocenters. The summed E-state index contributed by atoms with van der Waals surface area (Å²) in [5.74, 6) is -0.910. The minimum atomic E-state index is -0.743. The molecular weight excluding hydrogens is 280 g/mol. The Balaban J connectivity index is 1.83. The number of aryl methyl sites for hydroxylation is 1. The van der Waals surface area contributed by atoms with Crippen LogP contribution in [0.3, 0.4) is 0 Å². The van der Waals surface area contributed by atoms with Gasteiger partial charge in [0.25, 0.3) is 0 Å². The topological polar surface area (TPSA) is 60.9 Å². The van der Waals surface area contributed by atoms with Crippen molar-refractivity contribution in [3.63, 3.8) is 0 Å². The van der Waals surface area contributed by atoms with E-state index in [1.165, 1.54) is 0 Å². The number of carboxylic acid groups (broad SMARTS) is 1. The zero-order valence-corrected chi connectivity index (χ0v) is 13.3. The fourth-order valence-electron chi connectivity index (χ4n) is 2.78. The molecule has 0 radical (unpaired) electrons. The number of nitrogens with zero attached hydrogens (tertiary/aromatic N) is 2. The first kappa shape index (κ1) is 16.3. The van der Waals surface area contributed by atoms with E-state index in [0.717, 1.165) is 17.7 Å². The molecule has 1 saturated heterocycles. The molecule has 0 spiro atoms. The normalized spacial score (nSPS) is 15.6. The number of likely N-dealkylation sites (tertiary alicyclic amines) is 1. The minimum absolute atomic E-state index is 0.124. The van der Waals surface area contributed by atoms with E-state index in [-0.39, 0.29) is 11.8 Å². The molecule has 1 heterocycles. The quantitative estimate of drug-likeness (QED) is 0.904. The van der Waals surface area contributed by atoms with Gasteiger partial charge in [0.2, 0.25) is 5.91 Å². The molecular formula is C17H24N2O3. The number of piperidine rings is 1. The van der Waals surface area contributed by atoms with Crippen LogP contribution >= 0.6 is 0 Å². The first-order valence-electron chi connectivity index (χ1n) is 7.74. The largest absolute Gasteiger partial charge is 0.481 e. The van der Waals surface area contributed by atoms with Gasteiger partial charge in [-0.15, -0.1) is 0 Å². The van der Waals surface area contributed by atoms with Crippen LogP contribution in [0.2, 0.25) is 0 Å². The summed E-state index contributed by atoms with van der Waals surface area (Å²) < 4.78 is 0. The second-order valence-electron chi connectivity index (χ2n) is 6.06. The fraction of sp³-hybridized carbons (Fsp3) is 0.529. The number of benzene rings is 1. The molecule has 0 aromatic heterocycles. The molecule has 1 aliphatic heterocycles. The van der Waals surface area contributed by atoms with Crippen molar-refractivity contribution < 1.29 is 14.7 Å². The predicted octanol–water partition coefficient (Wildman–Crippen LogP) is 2.01. The number of anilines is 1. The molecule has 2 rings (SSSR count). The summed E-state index contributed by atoms with van der Waals surface area (Å²) in [6.45, 7) is 1.13. The molecule has 5 nitrogen and oxygen atoms in total. The second-order valence-corrected chi connectivity index (χ2v) is 6.06. The number of carbonyl (C=O) groups is 2. The van der Waals surface area contributed by atoms with Crippen LogP contribution in [0.1, 0.15) is 24.8 Å². The van der Waals surface area contributed by atoms with Gasteiger partial charge in [0.15, 0.2) is 0 Å². The lowest BCUT2D eigenvalue weighted by atomic mass is 9.96. The van der Waals surface area contributed by atoms with Crippen LogP contribution in [0, 0.1) is 5.92 Å². The van der Waals surface area contributed by atoms with Gasteiger partial charge in [-0.25, -0.2) is 0 Å². The summed E-state index contributed by atoms with van der Waals surface area (Å²) in [4.78, 5) is 27.0. The van der Waals surface area contributed by atoms with Gasteiger partial charge in [0.1, 0.15) is 0 Å². The summed E-state index contributed by atoms with van der Waals surface area (Å²) >= 11 is 0. The highest BCUT2D eigenvalue weighted by molar-refractivity contribution is 5.77. The standard InChI is InChI=1S/C17H24N2O3/c1-18(2)15-5-3-4-13(12-15)6-7-16(20)19-10-8-14(9-11-19)17(21)22/h3-5,12,14H,6-11H2,1-2H3,(H,21,22). The van der Waals surface area contributed by atoms with E-state index < -0.39 is 5.97 Å². The van der Waals surface area contributed by atoms with Crippen molar-refractivity contribution in [1.29, 1.82) is 0 Å². The van der Waals surface area contributed by atoms with Crippen LogP contribution in [0.5, 0.6) is 0 Å². The van der Waals surface area contributed by atoms with E-state index in [1.807, 2.05) is 37.2 Å². The van der Waals surface area contributed by atoms with E-state index in [9.17, 15) is 9.59 Å². The van der Waals surface area contributed by atoms with Crippen molar-refractivity contribution in [1.82, 2.24) is 4.90 Å². The number of aliphatic carboxylic acids is 1. The number of carbonyl (C=O) groups excluding carboxylic acids is 1. The molecule has 1 N–H and O–H groups in total. The highest BCUT2D eigenvalue weighted by Gasteiger charge is 2.26. The highest BCUT2D eigenvalue weighted by atomic mass is 16.4. The molecule has 0 aliphatic carbocycles. The van der Waals surface area contributed by atoms with Gasteiger partial charge < -0.3 is 14.9 Å². The summed E-state index contributed by atoms with van der Waals surface area (Å²) in [5.41, 5.74) is 2.28. The average molecular weight is 304 g/mol. The van der Waals surface area contributed by atoms with E-state index in [4.69, 9.17) is 5.11 Å². The van der Waals surface area contributed by atoms with Crippen LogP contribution in [0.4, 0.5) is 5.69 Å². The van der Waals surface area contributed by atoms with Gasteiger partial charge in [-0.05, 0) is 37.0 Å². The maximum Gasteiger partial charge on any atom is 0.306 e. The van der Waals surface area contributed by atoms with Gasteiger partial charge in [-0.3, -0.25) is 9.59 Å². The molecule has 5 heteroatoms. The number of hydrogen-bond acceptors (Lipinski definition) is 3. The Morgan fingerprint density at radius 2 is 1.95 bits per heavy atom. The molecule has 1 aromatic rings. The lowest BCUT2D eigenvalue weighted by molar-refractivity contribution is -0.145. The monoisotopic (exact) mass is 304 g/mol. The maximum atomic E-state index is 12.2. The average Bonchev–Trinajstić information content (AvgIpc) is 2.53. The van der Waals surface area contributed by atoms with Gasteiger partial charge in [0.05, 0.1) is 5.92 Å². The van der Waals surface area contributed by atoms with Crippen LogP contribution in [0.25, 0.3) is 0 Å². The van der Waals surface area contributed by atoms with Gasteiger partial charge in [-0.1, -0.05) is 12.1 Å². The summed E-state index contributed by atoms with van der Waals surface area (Å²) in [7, 11) is 3.99. The van der Waals surface area contributed by atoms with Crippen molar-refractivity contribution in [3.05, 3.63) is 29.8 Å². The SMILES string of the molecule is CN(C)c1cccc(CCC(=O)N2CCC(C(=O)O)CC2)c1. The molecule has 1 fully saturated rings. The zero-order chi connectivity index (χ0) is 16.1. The number of hydrogen-bond donors (Lipinski definition) is 1. The number of rotatable bonds is 5. The van der Waals surface area contributed by atoms with Crippen molar-refractivity contribution >= 4 is 17.6 Å². The maximum absolute atomic E-state index is 12.2. The Morgan fingerprint density at radius 1 is 1.27 bits per heavy atom. The van der Waals surface area contributed by atoms with Gasteiger partial charge in [0, 0.05) is 39.3 Å². The molecule has 1 aromatic carbocycles. The molecule has 0 bridgehead atoms. The molecule has 120 valence electrons. The van der Waals surface area contributed by atoms with E-state index in [1.54, 1.807) is 4.90 Å². The zero-order valence-electron chi connectivity index (χ0n) is 13.3. The lowest BCUT2D eigenvalue weighted by Crippen LogP contribution is -2.40. The number of carboxylic acids is 1. The van der Waals surface area contributed by atoms with E-state index in [0.29, 0.717) is 32.4 Å². The Bertz CT molecular complexity index is 534. The van der Waals surface area contributed by atoms with Gasteiger partial charge >= 0.3 is 5.97 Å². The molecule has 1 amide bonds. The van der Waals surface area contributed by atoms with Crippen LogP contribution in [-0.4, -0.2) is 49.1 Å². The Hall–Kier alpha value is -2.04. The first-order valence-corrected chi connectivity index (χ1v) is 7.74. The fourth-order valence-corrected chi connectivity index (χ4v) is 2.78. The van der Waals surface area contributed by atoms with Gasteiger partial charge in [-0.2, -0.15) is 0 Å². The third kappa shape index (κ3) is 4.23. The smallest absolute Gasteiger partial charge is 0.306 e. The van der Waals surface area contributed by atoms with Crippen LogP contribution in [0.15, 0.2) is 24.3 Å². The highest BCUT2D eigenvalue weighted by Crippen LogP contribution is 2.19. The van der Waals surface area contributed by atoms with Crippen molar-refractivity contribution in [2.45, 2.75) is 25.7 Å². The Morgan fingerprint density at radius 3 is 2.55 bits per heavy atom. The van der Waals surface area contributed by atoms with E-state index in [2.05, 4.69) is 6.07 Å². The van der Waals surface area contributed by atoms with Crippen molar-refractivity contribution in [3.8, 4) is 0 Å². The second kappa shape index (κ2) is 7.29. The molecule has 22 heavy (non-hydrogen) atoms. The third-order valence-corrected chi connectivity index (χ3v) is 4.25. The lowest BCUT2D eigenvalue weighted by Gasteiger charge is -2.30. The minimum Gasteiger partial charge on any atom is -0.481 e. The van der Waals surface area contributed by atoms with E-state index >= 15 is 0 Å². The predicted molar refractivity (Wildman–Crippen MR) is 86.0 cm³/mol. The summed E-state index contributed by atoms with van der Waals surface area (Å²) in [6, 6.07) is 8.19. The van der Waals surface area contributed by atoms with Crippen molar-refractivity contribution in [2.75, 3.05) is 32.1 Å². The summed E-state index contributed by atoms with van der Waals surface area (Å²) in [6.07, 6.45) is 2.34. The Kier molecular flexibility index (Phi) is 5.41. The number of amides is 1. The Labute approximate surface area is 131 Å². The molecule has 0 atom stereocenters. The molecule has 0 saturated carbocycles. The third-order valence-electron chi connectivity index (χ3n) is 4.25. The van der Waals surface area contributed by atoms with Crippen molar-refractivity contribution in [2.24, 2.45) is 5.92 Å². The van der Waals surface area contributed by atoms with Crippen LogP contribution in [-0.2, 0) is 16.0 Å². The molecule has 1 aliphatic rings. The first-order chi connectivity index (χ1) is 10.5. The summed E-state index contributed by atoms with van der Waals surface area (Å²) in [5, 5.41) is 8.98. The van der Waals surface area contributed by atoms with Crippen LogP contribution < -0.4 is 4.90 Å².